The zero-order valence-electron chi connectivity index (χ0n) is 16.6. The fraction of sp³-hybridized carbons (Fsp3) is 0.895. The van der Waals surface area contributed by atoms with E-state index in [9.17, 15) is 0 Å². The fourth-order valence-corrected chi connectivity index (χ4v) is 1.94. The van der Waals surface area contributed by atoms with E-state index in [4.69, 9.17) is 4.74 Å². The standard InChI is InChI=1S/C15H29N3O.2C2H6/c1-3-5-7-10-15-14-18(17-16-15)11-8-9-13-19-12-6-4-2;2*1-2/h14H,3-13H2,1-2H3;2*1-2H3. The molecule has 0 spiro atoms. The van der Waals surface area contributed by atoms with Crippen molar-refractivity contribution < 1.29 is 4.74 Å². The van der Waals surface area contributed by atoms with Crippen LogP contribution in [0.25, 0.3) is 0 Å². The van der Waals surface area contributed by atoms with E-state index >= 15 is 0 Å². The Hall–Kier alpha value is -0.900. The molecule has 0 saturated heterocycles. The van der Waals surface area contributed by atoms with Gasteiger partial charge in [-0.2, -0.15) is 0 Å². The molecule has 0 N–H and O–H groups in total. The predicted molar refractivity (Wildman–Crippen MR) is 101 cm³/mol. The molecule has 1 rings (SSSR count). The highest BCUT2D eigenvalue weighted by Gasteiger charge is 2.00. The molecule has 0 aliphatic rings. The summed E-state index contributed by atoms with van der Waals surface area (Å²) in [5.41, 5.74) is 1.13. The van der Waals surface area contributed by atoms with Gasteiger partial charge in [0.05, 0.1) is 5.69 Å². The Bertz CT molecular complexity index is 313. The first-order valence-corrected chi connectivity index (χ1v) is 9.83. The van der Waals surface area contributed by atoms with Gasteiger partial charge in [0.15, 0.2) is 0 Å². The maximum Gasteiger partial charge on any atom is 0.0827 e. The zero-order chi connectivity index (χ0) is 17.8. The first-order chi connectivity index (χ1) is 11.4. The number of ether oxygens (including phenoxy) is 1. The van der Waals surface area contributed by atoms with Crippen LogP contribution in [0, 0.1) is 0 Å². The third kappa shape index (κ3) is 15.8. The van der Waals surface area contributed by atoms with E-state index in [0.29, 0.717) is 0 Å². The lowest BCUT2D eigenvalue weighted by Gasteiger charge is -2.03. The molecule has 0 amide bonds. The lowest BCUT2D eigenvalue weighted by atomic mass is 10.2. The Kier molecular flexibility index (Phi) is 22.3. The van der Waals surface area contributed by atoms with Crippen LogP contribution in [0.5, 0.6) is 0 Å². The fourth-order valence-electron chi connectivity index (χ4n) is 1.94. The van der Waals surface area contributed by atoms with Gasteiger partial charge >= 0.3 is 0 Å². The van der Waals surface area contributed by atoms with Gasteiger partial charge in [-0.05, 0) is 32.1 Å². The predicted octanol–water partition coefficient (Wildman–Crippen LogP) is 5.66. The minimum absolute atomic E-state index is 0.873. The van der Waals surface area contributed by atoms with Crippen molar-refractivity contribution in [1.82, 2.24) is 15.0 Å². The van der Waals surface area contributed by atoms with Gasteiger partial charge in [-0.25, -0.2) is 0 Å². The van der Waals surface area contributed by atoms with E-state index in [0.717, 1.165) is 44.7 Å². The number of rotatable bonds is 12. The second-order valence-electron chi connectivity index (χ2n) is 5.10. The molecule has 1 aromatic heterocycles. The van der Waals surface area contributed by atoms with Crippen molar-refractivity contribution in [3.05, 3.63) is 11.9 Å². The van der Waals surface area contributed by atoms with Crippen LogP contribution in [0.3, 0.4) is 0 Å². The van der Waals surface area contributed by atoms with Gasteiger partial charge in [0.1, 0.15) is 0 Å². The van der Waals surface area contributed by atoms with E-state index in [1.54, 1.807) is 0 Å². The van der Waals surface area contributed by atoms with Crippen molar-refractivity contribution in [2.75, 3.05) is 13.2 Å². The third-order valence-corrected chi connectivity index (χ3v) is 3.19. The van der Waals surface area contributed by atoms with Crippen LogP contribution in [0.4, 0.5) is 0 Å². The molecule has 0 aliphatic heterocycles. The van der Waals surface area contributed by atoms with E-state index in [2.05, 4.69) is 30.4 Å². The van der Waals surface area contributed by atoms with Crippen molar-refractivity contribution in [2.45, 2.75) is 99.5 Å². The monoisotopic (exact) mass is 327 g/mol. The lowest BCUT2D eigenvalue weighted by Crippen LogP contribution is -2.02. The Morgan fingerprint density at radius 2 is 1.52 bits per heavy atom. The van der Waals surface area contributed by atoms with Gasteiger partial charge < -0.3 is 4.74 Å². The maximum atomic E-state index is 5.54. The number of aromatic nitrogens is 3. The number of hydrogen-bond acceptors (Lipinski definition) is 3. The zero-order valence-corrected chi connectivity index (χ0v) is 16.6. The molecule has 0 fully saturated rings. The van der Waals surface area contributed by atoms with E-state index in [1.807, 2.05) is 32.4 Å². The molecule has 23 heavy (non-hydrogen) atoms. The Labute approximate surface area is 145 Å². The molecule has 0 atom stereocenters. The molecule has 1 aromatic rings. The van der Waals surface area contributed by atoms with Crippen LogP contribution in [0.2, 0.25) is 0 Å². The average molecular weight is 328 g/mol. The lowest BCUT2D eigenvalue weighted by molar-refractivity contribution is 0.126. The maximum absolute atomic E-state index is 5.54. The van der Waals surface area contributed by atoms with Crippen molar-refractivity contribution >= 4 is 0 Å². The molecule has 1 heterocycles. The number of aryl methyl sites for hydroxylation is 2. The van der Waals surface area contributed by atoms with Gasteiger partial charge in [0.25, 0.3) is 0 Å². The molecule has 0 saturated carbocycles. The first-order valence-electron chi connectivity index (χ1n) is 9.83. The van der Waals surface area contributed by atoms with Crippen LogP contribution >= 0.6 is 0 Å². The summed E-state index contributed by atoms with van der Waals surface area (Å²) in [6, 6.07) is 0. The molecule has 0 unspecified atom stereocenters. The molecular formula is C19H41N3O. The van der Waals surface area contributed by atoms with Crippen molar-refractivity contribution in [3.63, 3.8) is 0 Å². The topological polar surface area (TPSA) is 39.9 Å². The molecule has 138 valence electrons. The summed E-state index contributed by atoms with van der Waals surface area (Å²) >= 11 is 0. The van der Waals surface area contributed by atoms with Gasteiger partial charge in [-0.1, -0.05) is 66.0 Å². The Morgan fingerprint density at radius 3 is 2.17 bits per heavy atom. The summed E-state index contributed by atoms with van der Waals surface area (Å²) in [4.78, 5) is 0. The second-order valence-corrected chi connectivity index (χ2v) is 5.10. The van der Waals surface area contributed by atoms with Gasteiger partial charge in [0, 0.05) is 26.0 Å². The summed E-state index contributed by atoms with van der Waals surface area (Å²) in [6.45, 7) is 15.1. The highest BCUT2D eigenvalue weighted by atomic mass is 16.5. The Morgan fingerprint density at radius 1 is 0.870 bits per heavy atom. The third-order valence-electron chi connectivity index (χ3n) is 3.19. The number of hydrogen-bond donors (Lipinski definition) is 0. The summed E-state index contributed by atoms with van der Waals surface area (Å²) in [5.74, 6) is 0. The van der Waals surface area contributed by atoms with E-state index in [1.165, 1.54) is 32.1 Å². The largest absolute Gasteiger partial charge is 0.381 e. The van der Waals surface area contributed by atoms with Crippen LogP contribution < -0.4 is 0 Å². The van der Waals surface area contributed by atoms with Crippen LogP contribution in [-0.4, -0.2) is 28.2 Å². The molecule has 0 radical (unpaired) electrons. The second kappa shape index (κ2) is 21.1. The van der Waals surface area contributed by atoms with Crippen molar-refractivity contribution in [1.29, 1.82) is 0 Å². The molecule has 0 aliphatic carbocycles. The average Bonchev–Trinajstić information content (AvgIpc) is 3.06. The summed E-state index contributed by atoms with van der Waals surface area (Å²) in [7, 11) is 0. The van der Waals surface area contributed by atoms with Crippen LogP contribution in [0.1, 0.15) is 92.2 Å². The smallest absolute Gasteiger partial charge is 0.0827 e. The Balaban J connectivity index is 0. The summed E-state index contributed by atoms with van der Waals surface area (Å²) in [5, 5.41) is 8.38. The molecule has 4 nitrogen and oxygen atoms in total. The molecular weight excluding hydrogens is 286 g/mol. The van der Waals surface area contributed by atoms with Crippen LogP contribution in [0.15, 0.2) is 6.20 Å². The quantitative estimate of drug-likeness (QED) is 0.465. The van der Waals surface area contributed by atoms with E-state index < -0.39 is 0 Å². The van der Waals surface area contributed by atoms with Gasteiger partial charge in [-0.3, -0.25) is 4.68 Å². The van der Waals surface area contributed by atoms with E-state index in [-0.39, 0.29) is 0 Å². The van der Waals surface area contributed by atoms with Crippen LogP contribution in [-0.2, 0) is 17.7 Å². The number of unbranched alkanes of at least 4 members (excludes halogenated alkanes) is 4. The minimum atomic E-state index is 0.873. The highest BCUT2D eigenvalue weighted by molar-refractivity contribution is 4.92. The van der Waals surface area contributed by atoms with Gasteiger partial charge in [-0.15, -0.1) is 5.10 Å². The minimum Gasteiger partial charge on any atom is -0.381 e. The van der Waals surface area contributed by atoms with Crippen molar-refractivity contribution in [2.24, 2.45) is 0 Å². The highest BCUT2D eigenvalue weighted by Crippen LogP contribution is 2.04. The normalized spacial score (nSPS) is 9.65. The van der Waals surface area contributed by atoms with Gasteiger partial charge in [0.2, 0.25) is 0 Å². The van der Waals surface area contributed by atoms with Crippen molar-refractivity contribution in [3.8, 4) is 0 Å². The molecule has 0 aromatic carbocycles. The molecule has 0 bridgehead atoms. The first kappa shape index (κ1) is 24.4. The summed E-state index contributed by atoms with van der Waals surface area (Å²) < 4.78 is 7.50. The SMILES string of the molecule is CC.CC.CCCCCc1cn(CCCCOCCCC)nn1. The number of nitrogens with zero attached hydrogens (tertiary/aromatic N) is 3. The molecule has 4 heteroatoms. The summed E-state index contributed by atoms with van der Waals surface area (Å²) in [6.07, 6.45) is 11.5.